The van der Waals surface area contributed by atoms with E-state index < -0.39 is 5.97 Å². The third-order valence-corrected chi connectivity index (χ3v) is 5.43. The van der Waals surface area contributed by atoms with Crippen molar-refractivity contribution in [1.82, 2.24) is 0 Å². The number of hydrogen-bond acceptors (Lipinski definition) is 4. The Morgan fingerprint density at radius 2 is 1.17 bits per heavy atom. The molecule has 0 aliphatic heterocycles. The molecule has 0 unspecified atom stereocenters. The molecule has 1 rings (SSSR count). The van der Waals surface area contributed by atoms with Crippen LogP contribution in [0.15, 0.2) is 18.2 Å². The normalized spacial score (nSPS) is 10.9. The number of unbranched alkanes of at least 4 members (excludes halogenated alkanes) is 15. The van der Waals surface area contributed by atoms with E-state index in [0.29, 0.717) is 6.61 Å². The molecule has 0 bridgehead atoms. The lowest BCUT2D eigenvalue weighted by Gasteiger charge is -2.07. The van der Waals surface area contributed by atoms with Gasteiger partial charge in [0.15, 0.2) is 0 Å². The molecule has 0 atom stereocenters. The van der Waals surface area contributed by atoms with Crippen LogP contribution >= 0.6 is 0 Å². The summed E-state index contributed by atoms with van der Waals surface area (Å²) < 4.78 is 5.19. The minimum Gasteiger partial charge on any atom is -0.508 e. The number of phenols is 2. The molecule has 4 nitrogen and oxygen atoms in total. The smallest absolute Gasteiger partial charge is 0.341 e. The minimum absolute atomic E-state index is 0.0724. The number of hydrogen-bond donors (Lipinski definition) is 2. The Balaban J connectivity index is 1.84. The molecular formula is C25H42O4. The predicted molar refractivity (Wildman–Crippen MR) is 120 cm³/mol. The second-order valence-corrected chi connectivity index (χ2v) is 8.14. The minimum atomic E-state index is -0.538. The van der Waals surface area contributed by atoms with Gasteiger partial charge < -0.3 is 14.9 Å². The molecule has 0 heterocycles. The molecule has 29 heavy (non-hydrogen) atoms. The number of ether oxygens (including phenoxy) is 1. The average Bonchev–Trinajstić information content (AvgIpc) is 2.70. The molecule has 1 aromatic carbocycles. The van der Waals surface area contributed by atoms with Crippen LogP contribution in [-0.2, 0) is 4.74 Å². The van der Waals surface area contributed by atoms with Crippen molar-refractivity contribution in [1.29, 1.82) is 0 Å². The summed E-state index contributed by atoms with van der Waals surface area (Å²) in [7, 11) is 0. The molecule has 0 saturated carbocycles. The summed E-state index contributed by atoms with van der Waals surface area (Å²) in [6.07, 6.45) is 21.0. The molecule has 4 heteroatoms. The highest BCUT2D eigenvalue weighted by atomic mass is 16.5. The maximum absolute atomic E-state index is 11.9. The summed E-state index contributed by atoms with van der Waals surface area (Å²) in [5, 5.41) is 18.9. The van der Waals surface area contributed by atoms with E-state index in [0.717, 1.165) is 18.9 Å². The highest BCUT2D eigenvalue weighted by Crippen LogP contribution is 2.23. The molecule has 0 saturated heterocycles. The molecule has 166 valence electrons. The van der Waals surface area contributed by atoms with Crippen molar-refractivity contribution in [2.45, 2.75) is 110 Å². The second kappa shape index (κ2) is 17.2. The zero-order chi connectivity index (χ0) is 21.2. The Kier molecular flexibility index (Phi) is 15.0. The summed E-state index contributed by atoms with van der Waals surface area (Å²) in [5.41, 5.74) is 0.0966. The molecule has 0 fully saturated rings. The van der Waals surface area contributed by atoms with Crippen LogP contribution in [0.3, 0.4) is 0 Å². The van der Waals surface area contributed by atoms with Crippen molar-refractivity contribution in [3.63, 3.8) is 0 Å². The average molecular weight is 407 g/mol. The van der Waals surface area contributed by atoms with Gasteiger partial charge in [-0.05, 0) is 18.6 Å². The van der Waals surface area contributed by atoms with Gasteiger partial charge in [-0.25, -0.2) is 4.79 Å². The number of benzene rings is 1. The first-order valence-electron chi connectivity index (χ1n) is 11.8. The van der Waals surface area contributed by atoms with Gasteiger partial charge in [0, 0.05) is 6.07 Å². The van der Waals surface area contributed by atoms with Crippen LogP contribution in [0.2, 0.25) is 0 Å². The lowest BCUT2D eigenvalue weighted by Crippen LogP contribution is -2.06. The third-order valence-electron chi connectivity index (χ3n) is 5.43. The van der Waals surface area contributed by atoms with Crippen LogP contribution in [0.4, 0.5) is 0 Å². The molecule has 2 N–H and O–H groups in total. The fraction of sp³-hybridized carbons (Fsp3) is 0.720. The SMILES string of the molecule is CCCCCCCCCCCCCCCCCCOC(=O)c1ccc(O)cc1O. The van der Waals surface area contributed by atoms with Gasteiger partial charge in [-0.1, -0.05) is 103 Å². The van der Waals surface area contributed by atoms with Gasteiger partial charge >= 0.3 is 5.97 Å². The Labute approximate surface area is 177 Å². The lowest BCUT2D eigenvalue weighted by atomic mass is 10.0. The summed E-state index contributed by atoms with van der Waals surface area (Å²) in [6, 6.07) is 3.89. The van der Waals surface area contributed by atoms with Crippen LogP contribution in [0, 0.1) is 0 Å². The molecular weight excluding hydrogens is 364 g/mol. The summed E-state index contributed by atoms with van der Waals surface area (Å²) in [5.74, 6) is -0.859. The van der Waals surface area contributed by atoms with Crippen molar-refractivity contribution in [2.24, 2.45) is 0 Å². The Morgan fingerprint density at radius 3 is 1.62 bits per heavy atom. The van der Waals surface area contributed by atoms with Gasteiger partial charge in [0.2, 0.25) is 0 Å². The number of aromatic hydroxyl groups is 2. The van der Waals surface area contributed by atoms with Crippen molar-refractivity contribution in [3.8, 4) is 11.5 Å². The zero-order valence-electron chi connectivity index (χ0n) is 18.5. The van der Waals surface area contributed by atoms with E-state index in [-0.39, 0.29) is 17.1 Å². The van der Waals surface area contributed by atoms with Crippen LogP contribution in [0.25, 0.3) is 0 Å². The standard InChI is InChI=1S/C25H42O4/c1-2-3-4-5-6-7-8-9-10-11-12-13-14-15-16-17-20-29-25(28)23-19-18-22(26)21-24(23)27/h18-19,21,26-27H,2-17,20H2,1H3. The molecule has 0 aliphatic carbocycles. The van der Waals surface area contributed by atoms with E-state index in [1.807, 2.05) is 0 Å². The molecule has 1 aromatic rings. The number of phenolic OH excluding ortho intramolecular Hbond substituents is 2. The number of esters is 1. The van der Waals surface area contributed by atoms with Crippen LogP contribution in [0.1, 0.15) is 120 Å². The van der Waals surface area contributed by atoms with Gasteiger partial charge in [0.25, 0.3) is 0 Å². The second-order valence-electron chi connectivity index (χ2n) is 8.14. The van der Waals surface area contributed by atoms with Crippen molar-refractivity contribution in [2.75, 3.05) is 6.61 Å². The Morgan fingerprint density at radius 1 is 0.724 bits per heavy atom. The number of rotatable bonds is 18. The maximum Gasteiger partial charge on any atom is 0.341 e. The fourth-order valence-corrected chi connectivity index (χ4v) is 3.59. The summed E-state index contributed by atoms with van der Waals surface area (Å²) in [4.78, 5) is 11.9. The maximum atomic E-state index is 11.9. The molecule has 0 amide bonds. The van der Waals surface area contributed by atoms with Crippen LogP contribution < -0.4 is 0 Å². The summed E-state index contributed by atoms with van der Waals surface area (Å²) >= 11 is 0. The van der Waals surface area contributed by atoms with E-state index in [4.69, 9.17) is 4.74 Å². The predicted octanol–water partition coefficient (Wildman–Crippen LogP) is 7.52. The van der Waals surface area contributed by atoms with Gasteiger partial charge in [-0.3, -0.25) is 0 Å². The first-order chi connectivity index (χ1) is 14.1. The molecule has 0 radical (unpaired) electrons. The van der Waals surface area contributed by atoms with Crippen LogP contribution in [-0.4, -0.2) is 22.8 Å². The summed E-state index contributed by atoms with van der Waals surface area (Å²) in [6.45, 7) is 2.64. The van der Waals surface area contributed by atoms with Crippen molar-refractivity contribution in [3.05, 3.63) is 23.8 Å². The van der Waals surface area contributed by atoms with E-state index in [1.54, 1.807) is 0 Å². The lowest BCUT2D eigenvalue weighted by molar-refractivity contribution is 0.0494. The Hall–Kier alpha value is -1.71. The van der Waals surface area contributed by atoms with Gasteiger partial charge in [0.05, 0.1) is 6.61 Å². The van der Waals surface area contributed by atoms with Crippen molar-refractivity contribution < 1.29 is 19.7 Å². The van der Waals surface area contributed by atoms with Crippen molar-refractivity contribution >= 4 is 5.97 Å². The number of carbonyl (C=O) groups excluding carboxylic acids is 1. The monoisotopic (exact) mass is 406 g/mol. The van der Waals surface area contributed by atoms with Gasteiger partial charge in [-0.2, -0.15) is 0 Å². The van der Waals surface area contributed by atoms with Gasteiger partial charge in [-0.15, -0.1) is 0 Å². The molecule has 0 aliphatic rings. The van der Waals surface area contributed by atoms with E-state index in [9.17, 15) is 15.0 Å². The van der Waals surface area contributed by atoms with Crippen LogP contribution in [0.5, 0.6) is 11.5 Å². The van der Waals surface area contributed by atoms with E-state index in [1.165, 1.54) is 102 Å². The first kappa shape index (κ1) is 25.3. The number of carbonyl (C=O) groups is 1. The largest absolute Gasteiger partial charge is 0.508 e. The van der Waals surface area contributed by atoms with Gasteiger partial charge in [0.1, 0.15) is 17.1 Å². The third kappa shape index (κ3) is 13.2. The highest BCUT2D eigenvalue weighted by molar-refractivity contribution is 5.92. The zero-order valence-corrected chi connectivity index (χ0v) is 18.5. The van der Waals surface area contributed by atoms with E-state index >= 15 is 0 Å². The first-order valence-corrected chi connectivity index (χ1v) is 11.8. The topological polar surface area (TPSA) is 66.8 Å². The van der Waals surface area contributed by atoms with E-state index in [2.05, 4.69) is 6.92 Å². The highest BCUT2D eigenvalue weighted by Gasteiger charge is 2.12. The fourth-order valence-electron chi connectivity index (χ4n) is 3.59. The molecule has 0 spiro atoms. The molecule has 0 aromatic heterocycles. The quantitative estimate of drug-likeness (QED) is 0.195. The Bertz CT molecular complexity index is 542.